The Balaban J connectivity index is 1.18. The molecule has 12 aromatic rings. The van der Waals surface area contributed by atoms with Crippen LogP contribution in [0.25, 0.3) is 97.1 Å². The molecule has 0 amide bonds. The summed E-state index contributed by atoms with van der Waals surface area (Å²) in [6, 6.07) is 60.0. The highest BCUT2D eigenvalue weighted by Crippen LogP contribution is 2.51. The molecule has 14 rings (SSSR count). The Labute approximate surface area is 395 Å². The summed E-state index contributed by atoms with van der Waals surface area (Å²) in [5.74, 6) is 0. The summed E-state index contributed by atoms with van der Waals surface area (Å²) in [6.07, 6.45) is 2.38. The second-order valence-corrected chi connectivity index (χ2v) is 21.9. The minimum atomic E-state index is 0.105. The summed E-state index contributed by atoms with van der Waals surface area (Å²) in [5.41, 5.74) is 20.1. The highest BCUT2D eigenvalue weighted by Gasteiger charge is 2.38. The molecule has 9 aromatic carbocycles. The Kier molecular flexibility index (Phi) is 8.03. The lowest BCUT2D eigenvalue weighted by Gasteiger charge is -2.41. The number of rotatable bonds is 4. The van der Waals surface area contributed by atoms with E-state index in [2.05, 4.69) is 221 Å². The predicted octanol–water partition coefficient (Wildman–Crippen LogP) is 15.7. The maximum Gasteiger partial charge on any atom is 0.197 e. The monoisotopic (exact) mass is 878 g/mol. The summed E-state index contributed by atoms with van der Waals surface area (Å²) in [5, 5.41) is 14.2. The van der Waals surface area contributed by atoms with Gasteiger partial charge in [0, 0.05) is 69.7 Å². The van der Waals surface area contributed by atoms with Crippen molar-refractivity contribution in [1.82, 2.24) is 9.13 Å². The smallest absolute Gasteiger partial charge is 0.197 e. The number of thiophene rings is 1. The third kappa shape index (κ3) is 5.58. The normalized spacial score (nSPS) is 15.0. The molecule has 321 valence electrons. The number of fused-ring (bicyclic) bond motifs is 14. The van der Waals surface area contributed by atoms with Crippen LogP contribution in [0.1, 0.15) is 62.8 Å². The number of para-hydroxylation sites is 2. The molecule has 1 aliphatic carbocycles. The molecule has 1 aliphatic heterocycles. The second kappa shape index (κ2) is 13.7. The molecule has 5 heteroatoms. The number of hydrogen-bond acceptors (Lipinski definition) is 2. The van der Waals surface area contributed by atoms with Gasteiger partial charge in [-0.15, -0.1) is 11.3 Å². The minimum absolute atomic E-state index is 0.105. The van der Waals surface area contributed by atoms with Gasteiger partial charge in [0.15, 0.2) is 7.28 Å². The number of anilines is 2. The topological polar surface area (TPSA) is 21.9 Å². The summed E-state index contributed by atoms with van der Waals surface area (Å²) < 4.78 is 7.83. The summed E-state index contributed by atoms with van der Waals surface area (Å²) in [4.78, 5) is 0. The molecule has 0 saturated carbocycles. The van der Waals surface area contributed by atoms with E-state index in [1.165, 1.54) is 143 Å². The third-order valence-corrected chi connectivity index (χ3v) is 16.8. The van der Waals surface area contributed by atoms with E-state index in [0.717, 1.165) is 11.4 Å². The Hall–Kier alpha value is -7.08. The molecule has 2 aliphatic rings. The minimum Gasteiger partial charge on any atom is -0.355 e. The summed E-state index contributed by atoms with van der Waals surface area (Å²) >= 11 is 1.94. The van der Waals surface area contributed by atoms with Crippen molar-refractivity contribution in [3.63, 3.8) is 0 Å². The van der Waals surface area contributed by atoms with E-state index >= 15 is 0 Å². The van der Waals surface area contributed by atoms with Gasteiger partial charge in [0.05, 0.1) is 27.8 Å². The van der Waals surface area contributed by atoms with Crippen LogP contribution >= 0.6 is 11.3 Å². The lowest BCUT2D eigenvalue weighted by atomic mass is 9.58. The van der Waals surface area contributed by atoms with E-state index in [-0.39, 0.29) is 10.8 Å². The maximum atomic E-state index is 4.02. The Morgan fingerprint density at radius 2 is 1.15 bits per heavy atom. The van der Waals surface area contributed by atoms with Crippen molar-refractivity contribution in [3.05, 3.63) is 180 Å². The van der Waals surface area contributed by atoms with E-state index in [0.29, 0.717) is 0 Å². The number of aryl methyl sites for hydroxylation is 2. The largest absolute Gasteiger partial charge is 0.355 e. The molecule has 0 saturated heterocycles. The summed E-state index contributed by atoms with van der Waals surface area (Å²) in [7, 11) is 2.49. The van der Waals surface area contributed by atoms with Gasteiger partial charge < -0.3 is 14.5 Å². The van der Waals surface area contributed by atoms with Gasteiger partial charge >= 0.3 is 0 Å². The van der Waals surface area contributed by atoms with Crippen LogP contribution in [0.4, 0.5) is 11.4 Å². The number of nitrogens with one attached hydrogen (secondary N) is 1. The Morgan fingerprint density at radius 3 is 1.90 bits per heavy atom. The maximum absolute atomic E-state index is 4.02. The van der Waals surface area contributed by atoms with Gasteiger partial charge in [-0.05, 0) is 126 Å². The first-order chi connectivity index (χ1) is 32.5. The summed E-state index contributed by atoms with van der Waals surface area (Å²) in [6.45, 7) is 14.2. The molecule has 0 atom stereocenters. The Bertz CT molecular complexity index is 4070. The second-order valence-electron chi connectivity index (χ2n) is 20.8. The van der Waals surface area contributed by atoms with Crippen molar-refractivity contribution < 1.29 is 0 Å². The molecule has 0 bridgehead atoms. The fourth-order valence-electron chi connectivity index (χ4n) is 12.1. The first-order valence-electron chi connectivity index (χ1n) is 23.9. The van der Waals surface area contributed by atoms with Gasteiger partial charge in [0.2, 0.25) is 0 Å². The van der Waals surface area contributed by atoms with E-state index in [9.17, 15) is 0 Å². The number of nitrogens with zero attached hydrogens (tertiary/aromatic N) is 2. The molecule has 67 heavy (non-hydrogen) atoms. The molecular weight excluding hydrogens is 830 g/mol. The van der Waals surface area contributed by atoms with Crippen LogP contribution in [-0.2, 0) is 10.8 Å². The van der Waals surface area contributed by atoms with Crippen molar-refractivity contribution in [3.8, 4) is 22.5 Å². The number of aromatic nitrogens is 2. The fourth-order valence-corrected chi connectivity index (χ4v) is 13.2. The quantitative estimate of drug-likeness (QED) is 0.175. The van der Waals surface area contributed by atoms with Crippen LogP contribution in [0.5, 0.6) is 0 Å². The highest BCUT2D eigenvalue weighted by molar-refractivity contribution is 7.25. The number of benzene rings is 9. The van der Waals surface area contributed by atoms with Crippen molar-refractivity contribution >= 4 is 115 Å². The zero-order chi connectivity index (χ0) is 45.1. The Morgan fingerprint density at radius 1 is 0.507 bits per heavy atom. The lowest BCUT2D eigenvalue weighted by Crippen LogP contribution is -2.37. The fraction of sp³-hybridized carbons (Fsp3) is 0.161. The van der Waals surface area contributed by atoms with Crippen LogP contribution in [0.2, 0.25) is 0 Å². The van der Waals surface area contributed by atoms with Crippen LogP contribution in [-0.4, -0.2) is 16.4 Å². The molecular formula is C62H49BN3S. The third-order valence-electron chi connectivity index (χ3n) is 15.7. The zero-order valence-corrected chi connectivity index (χ0v) is 39.6. The highest BCUT2D eigenvalue weighted by atomic mass is 32.1. The van der Waals surface area contributed by atoms with Gasteiger partial charge in [-0.3, -0.25) is 0 Å². The molecule has 3 nitrogen and oxygen atoms in total. The molecule has 1 radical (unpaired) electrons. The van der Waals surface area contributed by atoms with Crippen molar-refractivity contribution in [2.45, 2.75) is 65.2 Å². The van der Waals surface area contributed by atoms with E-state index in [1.54, 1.807) is 0 Å². The SMILES string of the molecule is Cc1ccc(Nc2cc3sc4cc5c(cc4c3cc2-c2cc(-n3c4ccccc4c4ccccc43)c3c4ccc6ccccc6c4n4c3c2[B]c2cc(C)ccc2-4)C(C)(C)CCC5(C)C)cc1. The van der Waals surface area contributed by atoms with Gasteiger partial charge in [0.25, 0.3) is 0 Å². The number of hydrogen-bond donors (Lipinski definition) is 1. The van der Waals surface area contributed by atoms with E-state index in [4.69, 9.17) is 0 Å². The van der Waals surface area contributed by atoms with E-state index in [1.807, 2.05) is 11.3 Å². The molecule has 0 spiro atoms. The zero-order valence-electron chi connectivity index (χ0n) is 38.8. The first-order valence-corrected chi connectivity index (χ1v) is 24.7. The van der Waals surface area contributed by atoms with Crippen molar-refractivity contribution in [2.24, 2.45) is 0 Å². The van der Waals surface area contributed by atoms with E-state index < -0.39 is 0 Å². The first kappa shape index (κ1) is 39.1. The molecule has 1 N–H and O–H groups in total. The molecule has 3 aromatic heterocycles. The lowest BCUT2D eigenvalue weighted by molar-refractivity contribution is 0.332. The molecule has 0 fully saturated rings. The van der Waals surface area contributed by atoms with Crippen molar-refractivity contribution in [2.75, 3.05) is 5.32 Å². The van der Waals surface area contributed by atoms with Gasteiger partial charge in [-0.25, -0.2) is 0 Å². The average molecular weight is 879 g/mol. The van der Waals surface area contributed by atoms with Crippen LogP contribution in [0.3, 0.4) is 0 Å². The van der Waals surface area contributed by atoms with Gasteiger partial charge in [0.1, 0.15) is 0 Å². The van der Waals surface area contributed by atoms with Crippen molar-refractivity contribution in [1.29, 1.82) is 0 Å². The molecule has 4 heterocycles. The van der Waals surface area contributed by atoms with Gasteiger partial charge in [-0.1, -0.05) is 141 Å². The predicted molar refractivity (Wildman–Crippen MR) is 290 cm³/mol. The van der Waals surface area contributed by atoms with Crippen LogP contribution in [0, 0.1) is 13.8 Å². The average Bonchev–Trinajstić information content (AvgIpc) is 3.99. The van der Waals surface area contributed by atoms with Gasteiger partial charge in [-0.2, -0.15) is 0 Å². The van der Waals surface area contributed by atoms with Crippen LogP contribution in [0.15, 0.2) is 158 Å². The van der Waals surface area contributed by atoms with Crippen LogP contribution < -0.4 is 16.2 Å². The standard InChI is InChI=1S/C62H49BN3S/c1-35-19-23-38(24-20-35)64-50-34-56-44(45-31-47-48(33-55(45)67-56)62(5,6)28-27-61(47,3)4)30-43(50)46-32-54(65-51-17-11-9-15-40(51)41-16-10-12-18-52(41)65)57-42-25-22-37-13-7-8-14-39(37)59(42)66-53-26-21-36(2)29-49(53)63-58(46)60(57)66/h7-26,29-34,64H,27-28H2,1-6H3. The molecule has 0 unspecified atom stereocenters.